The van der Waals surface area contributed by atoms with E-state index < -0.39 is 5.60 Å². The fourth-order valence-electron chi connectivity index (χ4n) is 9.56. The molecule has 4 aliphatic rings. The quantitative estimate of drug-likeness (QED) is 0.423. The first-order valence-corrected chi connectivity index (χ1v) is 14.6. The molecule has 3 saturated carbocycles. The number of benzene rings is 1. The average molecular weight is 474 g/mol. The summed E-state index contributed by atoms with van der Waals surface area (Å²) in [6.45, 7) is 9.92. The monoisotopic (exact) mass is 473 g/mol. The van der Waals surface area contributed by atoms with Crippen LogP contribution >= 0.6 is 0 Å². The maximum Gasteiger partial charge on any atom is 0.0991 e. The molecule has 2 heteroatoms. The Morgan fingerprint density at radius 1 is 1.06 bits per heavy atom. The van der Waals surface area contributed by atoms with E-state index in [9.17, 15) is 5.11 Å². The molecule has 1 N–H and O–H groups in total. The van der Waals surface area contributed by atoms with Gasteiger partial charge in [-0.3, -0.25) is 0 Å². The van der Waals surface area contributed by atoms with Crippen molar-refractivity contribution in [1.82, 2.24) is 0 Å². The lowest BCUT2D eigenvalue weighted by Crippen LogP contribution is -2.52. The zero-order valence-corrected chi connectivity index (χ0v) is 22.7. The molecule has 4 unspecified atom stereocenters. The Balaban J connectivity index is 1.24. The fraction of sp³-hybridized carbons (Fsp3) is 0.727. The Morgan fingerprint density at radius 2 is 1.83 bits per heavy atom. The lowest BCUT2D eigenvalue weighted by atomic mass is 9.46. The molecule has 1 aromatic rings. The second kappa shape index (κ2) is 9.37. The van der Waals surface area contributed by atoms with Crippen LogP contribution in [0.15, 0.2) is 35.9 Å². The minimum absolute atomic E-state index is 0.330. The van der Waals surface area contributed by atoms with Crippen LogP contribution in [0.2, 0.25) is 0 Å². The maximum atomic E-state index is 11.0. The maximum absolute atomic E-state index is 11.0. The molecule has 0 aromatic heterocycles. The SMILES string of the molecule is CC[C@]1(O)CCC2(C)C(=CCC3[C@@H]2CCC2(C)C([C@H](C)CCCc4ccc(C#N)cc4)CC[C@@H]32)C1. The highest BCUT2D eigenvalue weighted by atomic mass is 16.3. The van der Waals surface area contributed by atoms with Crippen LogP contribution < -0.4 is 0 Å². The molecule has 4 aliphatic carbocycles. The second-order valence-electron chi connectivity index (χ2n) is 13.4. The van der Waals surface area contributed by atoms with Gasteiger partial charge >= 0.3 is 0 Å². The largest absolute Gasteiger partial charge is 0.390 e. The van der Waals surface area contributed by atoms with Crippen molar-refractivity contribution in [2.24, 2.45) is 40.4 Å². The van der Waals surface area contributed by atoms with Gasteiger partial charge in [-0.15, -0.1) is 0 Å². The van der Waals surface area contributed by atoms with E-state index in [-0.39, 0.29) is 0 Å². The molecule has 0 saturated heterocycles. The summed E-state index contributed by atoms with van der Waals surface area (Å²) in [5.74, 6) is 4.22. The van der Waals surface area contributed by atoms with Crippen molar-refractivity contribution in [3.05, 3.63) is 47.0 Å². The summed E-state index contributed by atoms with van der Waals surface area (Å²) in [6, 6.07) is 10.4. The van der Waals surface area contributed by atoms with Crippen molar-refractivity contribution < 1.29 is 5.11 Å². The van der Waals surface area contributed by atoms with Gasteiger partial charge in [0.1, 0.15) is 0 Å². The summed E-state index contributed by atoms with van der Waals surface area (Å²) in [5, 5.41) is 20.1. The minimum Gasteiger partial charge on any atom is -0.390 e. The number of rotatable bonds is 6. The number of nitriles is 1. The van der Waals surface area contributed by atoms with Gasteiger partial charge in [0.05, 0.1) is 17.2 Å². The van der Waals surface area contributed by atoms with Gasteiger partial charge in [-0.05, 0) is 129 Å². The first-order chi connectivity index (χ1) is 16.7. The standard InChI is InChI=1S/C33H47NO/c1-5-33(35)20-19-31(3)26(21-33)13-14-27-29-16-15-28(32(29,4)18-17-30(27)31)23(2)7-6-8-24-9-11-25(22-34)12-10-24/h9-13,23,27-30,35H,5-8,14-21H2,1-4H3/t23-,27?,28?,29+,30+,31?,32?,33+/m1/s1. The summed E-state index contributed by atoms with van der Waals surface area (Å²) in [6.07, 6.45) is 17.2. The van der Waals surface area contributed by atoms with Crippen LogP contribution in [0.3, 0.4) is 0 Å². The molecule has 3 fully saturated rings. The molecule has 1 aromatic carbocycles. The van der Waals surface area contributed by atoms with Crippen molar-refractivity contribution in [3.63, 3.8) is 0 Å². The van der Waals surface area contributed by atoms with Crippen LogP contribution in [0.25, 0.3) is 0 Å². The smallest absolute Gasteiger partial charge is 0.0991 e. The fourth-order valence-corrected chi connectivity index (χ4v) is 9.56. The topological polar surface area (TPSA) is 44.0 Å². The van der Waals surface area contributed by atoms with E-state index >= 15 is 0 Å². The zero-order valence-electron chi connectivity index (χ0n) is 22.7. The van der Waals surface area contributed by atoms with Gasteiger partial charge in [0.15, 0.2) is 0 Å². The molecule has 0 bridgehead atoms. The van der Waals surface area contributed by atoms with Gasteiger partial charge in [-0.2, -0.15) is 5.26 Å². The third kappa shape index (κ3) is 4.31. The molecule has 2 nitrogen and oxygen atoms in total. The third-order valence-corrected chi connectivity index (χ3v) is 11.9. The number of hydrogen-bond acceptors (Lipinski definition) is 2. The number of allylic oxidation sites excluding steroid dienone is 1. The Kier molecular flexibility index (Phi) is 6.71. The second-order valence-corrected chi connectivity index (χ2v) is 13.4. The van der Waals surface area contributed by atoms with Gasteiger partial charge in [-0.1, -0.05) is 57.9 Å². The lowest BCUT2D eigenvalue weighted by molar-refractivity contribution is -0.0754. The van der Waals surface area contributed by atoms with Gasteiger partial charge in [-0.25, -0.2) is 0 Å². The van der Waals surface area contributed by atoms with Crippen molar-refractivity contribution in [2.75, 3.05) is 0 Å². The summed E-state index contributed by atoms with van der Waals surface area (Å²) in [4.78, 5) is 0. The van der Waals surface area contributed by atoms with Crippen molar-refractivity contribution in [3.8, 4) is 6.07 Å². The molecule has 5 rings (SSSR count). The Morgan fingerprint density at radius 3 is 2.54 bits per heavy atom. The average Bonchev–Trinajstić information content (AvgIpc) is 3.22. The summed E-state index contributed by atoms with van der Waals surface area (Å²) < 4.78 is 0. The molecule has 8 atom stereocenters. The molecular weight excluding hydrogens is 426 g/mol. The molecule has 0 spiro atoms. The van der Waals surface area contributed by atoms with Crippen LogP contribution in [0.1, 0.15) is 109 Å². The van der Waals surface area contributed by atoms with E-state index in [1.807, 2.05) is 12.1 Å². The third-order valence-electron chi connectivity index (χ3n) is 11.9. The van der Waals surface area contributed by atoms with Crippen LogP contribution in [0.5, 0.6) is 0 Å². The minimum atomic E-state index is -0.451. The molecule has 0 heterocycles. The predicted octanol–water partition coefficient (Wildman–Crippen LogP) is 8.24. The van der Waals surface area contributed by atoms with Crippen LogP contribution in [0.4, 0.5) is 0 Å². The number of hydrogen-bond donors (Lipinski definition) is 1. The van der Waals surface area contributed by atoms with Gasteiger partial charge in [0.25, 0.3) is 0 Å². The van der Waals surface area contributed by atoms with Crippen LogP contribution in [-0.2, 0) is 6.42 Å². The highest BCUT2D eigenvalue weighted by molar-refractivity contribution is 5.31. The highest BCUT2D eigenvalue weighted by Crippen LogP contribution is 2.67. The Hall–Kier alpha value is -1.59. The predicted molar refractivity (Wildman–Crippen MR) is 144 cm³/mol. The number of aryl methyl sites for hydroxylation is 1. The van der Waals surface area contributed by atoms with Crippen LogP contribution in [-0.4, -0.2) is 10.7 Å². The van der Waals surface area contributed by atoms with Gasteiger partial charge < -0.3 is 5.11 Å². The van der Waals surface area contributed by atoms with Gasteiger partial charge in [0.2, 0.25) is 0 Å². The Bertz CT molecular complexity index is 987. The Labute approximate surface area is 214 Å². The number of nitrogens with zero attached hydrogens (tertiary/aromatic N) is 1. The van der Waals surface area contributed by atoms with E-state index in [0.29, 0.717) is 10.8 Å². The number of fused-ring (bicyclic) bond motifs is 5. The van der Waals surface area contributed by atoms with E-state index in [2.05, 4.69) is 52.0 Å². The normalized spacial score (nSPS) is 41.2. The first-order valence-electron chi connectivity index (χ1n) is 14.6. The zero-order chi connectivity index (χ0) is 24.8. The summed E-state index contributed by atoms with van der Waals surface area (Å²) in [5.41, 5.74) is 4.12. The first kappa shape index (κ1) is 25.1. The van der Waals surface area contributed by atoms with Gasteiger partial charge in [0, 0.05) is 0 Å². The van der Waals surface area contributed by atoms with Crippen LogP contribution in [0, 0.1) is 51.8 Å². The highest BCUT2D eigenvalue weighted by Gasteiger charge is 2.59. The molecule has 0 aliphatic heterocycles. The molecule has 0 amide bonds. The summed E-state index contributed by atoms with van der Waals surface area (Å²) >= 11 is 0. The molecule has 35 heavy (non-hydrogen) atoms. The van der Waals surface area contributed by atoms with E-state index in [0.717, 1.165) is 60.8 Å². The van der Waals surface area contributed by atoms with Crippen molar-refractivity contribution in [2.45, 2.75) is 110 Å². The van der Waals surface area contributed by atoms with Crippen molar-refractivity contribution >= 4 is 0 Å². The van der Waals surface area contributed by atoms with E-state index in [1.54, 1.807) is 5.57 Å². The molecule has 190 valence electrons. The summed E-state index contributed by atoms with van der Waals surface area (Å²) in [7, 11) is 0. The van der Waals surface area contributed by atoms with E-state index in [4.69, 9.17) is 5.26 Å². The molecular formula is C33H47NO. The van der Waals surface area contributed by atoms with Crippen molar-refractivity contribution in [1.29, 1.82) is 5.26 Å². The molecule has 0 radical (unpaired) electrons. The van der Waals surface area contributed by atoms with E-state index in [1.165, 1.54) is 56.9 Å². The lowest BCUT2D eigenvalue weighted by Gasteiger charge is -2.59. The number of aliphatic hydroxyl groups is 1.